The van der Waals surface area contributed by atoms with Crippen molar-refractivity contribution in [2.45, 2.75) is 44.8 Å². The van der Waals surface area contributed by atoms with Crippen LogP contribution in [0.4, 0.5) is 4.39 Å². The zero-order valence-corrected chi connectivity index (χ0v) is 10.6. The molecule has 1 aromatic rings. The van der Waals surface area contributed by atoms with E-state index in [0.717, 1.165) is 12.8 Å². The molecule has 1 unspecified atom stereocenters. The van der Waals surface area contributed by atoms with Crippen LogP contribution in [0.1, 0.15) is 31.7 Å². The molecule has 1 amide bonds. The van der Waals surface area contributed by atoms with Crippen LogP contribution in [0.15, 0.2) is 24.3 Å². The van der Waals surface area contributed by atoms with Crippen molar-refractivity contribution in [1.82, 2.24) is 4.90 Å². The summed E-state index contributed by atoms with van der Waals surface area (Å²) < 4.78 is 13.6. The van der Waals surface area contributed by atoms with Crippen LogP contribution >= 0.6 is 0 Å². The Bertz CT molecular complexity index is 432. The number of carbonyl (C=O) groups is 1. The van der Waals surface area contributed by atoms with E-state index in [-0.39, 0.29) is 17.8 Å². The molecule has 0 aromatic heterocycles. The summed E-state index contributed by atoms with van der Waals surface area (Å²) in [5, 5.41) is 0. The van der Waals surface area contributed by atoms with E-state index in [1.54, 1.807) is 23.1 Å². The van der Waals surface area contributed by atoms with Crippen molar-refractivity contribution in [2.24, 2.45) is 5.73 Å². The number of hydrogen-bond acceptors (Lipinski definition) is 2. The van der Waals surface area contributed by atoms with Gasteiger partial charge in [0.25, 0.3) is 0 Å². The average Bonchev–Trinajstić information content (AvgIpc) is 3.20. The summed E-state index contributed by atoms with van der Waals surface area (Å²) in [6.07, 6.45) is 2.60. The summed E-state index contributed by atoms with van der Waals surface area (Å²) in [4.78, 5) is 13.9. The van der Waals surface area contributed by atoms with Gasteiger partial charge in [0.2, 0.25) is 5.91 Å². The minimum Gasteiger partial charge on any atom is -0.334 e. The molecule has 1 saturated carbocycles. The van der Waals surface area contributed by atoms with Gasteiger partial charge in [-0.1, -0.05) is 25.1 Å². The van der Waals surface area contributed by atoms with E-state index in [9.17, 15) is 9.18 Å². The smallest absolute Gasteiger partial charge is 0.240 e. The maximum Gasteiger partial charge on any atom is 0.240 e. The highest BCUT2D eigenvalue weighted by Crippen LogP contribution is 2.29. The van der Waals surface area contributed by atoms with Crippen molar-refractivity contribution in [3.05, 3.63) is 35.6 Å². The number of benzene rings is 1. The van der Waals surface area contributed by atoms with Crippen molar-refractivity contribution in [2.75, 3.05) is 0 Å². The van der Waals surface area contributed by atoms with Gasteiger partial charge in [-0.15, -0.1) is 0 Å². The summed E-state index contributed by atoms with van der Waals surface area (Å²) >= 11 is 0. The number of amides is 1. The third-order valence-electron chi connectivity index (χ3n) is 3.33. The molecule has 98 valence electrons. The Balaban J connectivity index is 2.12. The second-order valence-corrected chi connectivity index (χ2v) is 4.80. The molecule has 1 fully saturated rings. The van der Waals surface area contributed by atoms with E-state index in [1.165, 1.54) is 6.07 Å². The van der Waals surface area contributed by atoms with Gasteiger partial charge in [0.15, 0.2) is 0 Å². The SMILES string of the molecule is CCC(N)C(=O)N(Cc1ccccc1F)C1CC1. The Hall–Kier alpha value is -1.42. The Labute approximate surface area is 107 Å². The van der Waals surface area contributed by atoms with Crippen molar-refractivity contribution in [3.63, 3.8) is 0 Å². The van der Waals surface area contributed by atoms with Gasteiger partial charge in [-0.25, -0.2) is 4.39 Å². The molecule has 0 radical (unpaired) electrons. The lowest BCUT2D eigenvalue weighted by Gasteiger charge is -2.25. The van der Waals surface area contributed by atoms with Crippen LogP contribution in [0.5, 0.6) is 0 Å². The fourth-order valence-electron chi connectivity index (χ4n) is 1.97. The van der Waals surface area contributed by atoms with E-state index in [4.69, 9.17) is 5.73 Å². The van der Waals surface area contributed by atoms with Gasteiger partial charge < -0.3 is 10.6 Å². The molecule has 18 heavy (non-hydrogen) atoms. The highest BCUT2D eigenvalue weighted by atomic mass is 19.1. The molecule has 0 bridgehead atoms. The first-order chi connectivity index (χ1) is 8.63. The molecule has 1 aliphatic carbocycles. The van der Waals surface area contributed by atoms with Gasteiger partial charge in [0, 0.05) is 18.2 Å². The molecule has 0 heterocycles. The molecular formula is C14H19FN2O. The Morgan fingerprint density at radius 2 is 2.17 bits per heavy atom. The van der Waals surface area contributed by atoms with Crippen molar-refractivity contribution >= 4 is 5.91 Å². The van der Waals surface area contributed by atoms with Crippen molar-refractivity contribution in [1.29, 1.82) is 0 Å². The zero-order valence-electron chi connectivity index (χ0n) is 10.6. The topological polar surface area (TPSA) is 46.3 Å². The van der Waals surface area contributed by atoms with E-state index in [2.05, 4.69) is 0 Å². The highest BCUT2D eigenvalue weighted by Gasteiger charge is 2.34. The molecule has 2 rings (SSSR count). The molecule has 0 aliphatic heterocycles. The molecule has 2 N–H and O–H groups in total. The van der Waals surface area contributed by atoms with Crippen molar-refractivity contribution in [3.8, 4) is 0 Å². The van der Waals surface area contributed by atoms with Crippen molar-refractivity contribution < 1.29 is 9.18 Å². The molecular weight excluding hydrogens is 231 g/mol. The molecule has 1 aliphatic rings. The Morgan fingerprint density at radius 3 is 2.72 bits per heavy atom. The quantitative estimate of drug-likeness (QED) is 0.869. The summed E-state index contributed by atoms with van der Waals surface area (Å²) in [5.74, 6) is -0.329. The summed E-state index contributed by atoms with van der Waals surface area (Å²) in [7, 11) is 0. The number of carbonyl (C=O) groups excluding carboxylic acids is 1. The first-order valence-corrected chi connectivity index (χ1v) is 6.43. The van der Waals surface area contributed by atoms with Gasteiger partial charge in [0.05, 0.1) is 6.04 Å². The van der Waals surface area contributed by atoms with E-state index in [1.807, 2.05) is 6.92 Å². The number of nitrogens with two attached hydrogens (primary N) is 1. The lowest BCUT2D eigenvalue weighted by atomic mass is 10.1. The number of halogens is 1. The van der Waals surface area contributed by atoms with Crippen LogP contribution in [0, 0.1) is 5.82 Å². The van der Waals surface area contributed by atoms with E-state index in [0.29, 0.717) is 18.5 Å². The molecule has 1 atom stereocenters. The predicted octanol–water partition coefficient (Wildman–Crippen LogP) is 2.05. The number of hydrogen-bond donors (Lipinski definition) is 1. The van der Waals surface area contributed by atoms with Gasteiger partial charge in [-0.3, -0.25) is 4.79 Å². The second kappa shape index (κ2) is 5.48. The van der Waals surface area contributed by atoms with Gasteiger partial charge in [0.1, 0.15) is 5.82 Å². The highest BCUT2D eigenvalue weighted by molar-refractivity contribution is 5.82. The Morgan fingerprint density at radius 1 is 1.50 bits per heavy atom. The first kappa shape index (κ1) is 13.0. The fourth-order valence-corrected chi connectivity index (χ4v) is 1.97. The largest absolute Gasteiger partial charge is 0.334 e. The normalized spacial score (nSPS) is 16.4. The number of nitrogens with zero attached hydrogens (tertiary/aromatic N) is 1. The Kier molecular flexibility index (Phi) is 3.97. The van der Waals surface area contributed by atoms with Crippen LogP contribution in [-0.2, 0) is 11.3 Å². The molecule has 1 aromatic carbocycles. The van der Waals surface area contributed by atoms with Crippen LogP contribution < -0.4 is 5.73 Å². The van der Waals surface area contributed by atoms with Gasteiger partial charge >= 0.3 is 0 Å². The minimum absolute atomic E-state index is 0.0664. The van der Waals surface area contributed by atoms with Crippen LogP contribution in [0.3, 0.4) is 0 Å². The van der Waals surface area contributed by atoms with Crippen LogP contribution in [-0.4, -0.2) is 22.9 Å². The average molecular weight is 250 g/mol. The third-order valence-corrected chi connectivity index (χ3v) is 3.33. The van der Waals surface area contributed by atoms with E-state index >= 15 is 0 Å². The maximum atomic E-state index is 13.6. The summed E-state index contributed by atoms with van der Waals surface area (Å²) in [6.45, 7) is 2.21. The first-order valence-electron chi connectivity index (χ1n) is 6.43. The molecule has 3 nitrogen and oxygen atoms in total. The third kappa shape index (κ3) is 2.88. The lowest BCUT2D eigenvalue weighted by molar-refractivity contribution is -0.133. The fraction of sp³-hybridized carbons (Fsp3) is 0.500. The van der Waals surface area contributed by atoms with Gasteiger partial charge in [-0.2, -0.15) is 0 Å². The maximum absolute atomic E-state index is 13.6. The second-order valence-electron chi connectivity index (χ2n) is 4.80. The summed E-state index contributed by atoms with van der Waals surface area (Å²) in [6, 6.07) is 6.35. The molecule has 4 heteroatoms. The summed E-state index contributed by atoms with van der Waals surface area (Å²) in [5.41, 5.74) is 6.35. The van der Waals surface area contributed by atoms with Crippen LogP contribution in [0.2, 0.25) is 0 Å². The zero-order chi connectivity index (χ0) is 13.1. The predicted molar refractivity (Wildman–Crippen MR) is 68.2 cm³/mol. The lowest BCUT2D eigenvalue weighted by Crippen LogP contribution is -2.44. The standard InChI is InChI=1S/C14H19FN2O/c1-2-13(16)14(18)17(11-7-8-11)9-10-5-3-4-6-12(10)15/h3-6,11,13H,2,7-9,16H2,1H3. The van der Waals surface area contributed by atoms with E-state index < -0.39 is 6.04 Å². The van der Waals surface area contributed by atoms with Gasteiger partial charge in [-0.05, 0) is 25.3 Å². The minimum atomic E-state index is -0.475. The number of rotatable bonds is 5. The monoisotopic (exact) mass is 250 g/mol. The van der Waals surface area contributed by atoms with Crippen LogP contribution in [0.25, 0.3) is 0 Å². The molecule has 0 saturated heterocycles. The molecule has 0 spiro atoms.